The molecule has 0 N–H and O–H groups in total. The number of likely N-dealkylation sites (tertiary alicyclic amines) is 1. The Labute approximate surface area is 111 Å². The van der Waals surface area contributed by atoms with E-state index < -0.39 is 15.1 Å². The molecule has 0 bridgehead atoms. The van der Waals surface area contributed by atoms with Gasteiger partial charge in [0, 0.05) is 19.3 Å². The SMILES string of the molecule is CS(=O)(=O)C1CCN(C(=O)c2ccccc2Cl)C1. The Morgan fingerprint density at radius 3 is 2.61 bits per heavy atom. The smallest absolute Gasteiger partial charge is 0.255 e. The summed E-state index contributed by atoms with van der Waals surface area (Å²) in [6.45, 7) is 0.713. The molecule has 18 heavy (non-hydrogen) atoms. The largest absolute Gasteiger partial charge is 0.337 e. The number of amides is 1. The van der Waals surface area contributed by atoms with Gasteiger partial charge in [-0.2, -0.15) is 0 Å². The second kappa shape index (κ2) is 4.90. The van der Waals surface area contributed by atoms with E-state index in [-0.39, 0.29) is 12.5 Å². The highest BCUT2D eigenvalue weighted by Gasteiger charge is 2.33. The molecule has 1 aliphatic heterocycles. The van der Waals surface area contributed by atoms with E-state index in [1.165, 1.54) is 6.26 Å². The maximum absolute atomic E-state index is 12.2. The summed E-state index contributed by atoms with van der Waals surface area (Å²) in [4.78, 5) is 13.7. The van der Waals surface area contributed by atoms with Gasteiger partial charge in [0.25, 0.3) is 5.91 Å². The summed E-state index contributed by atoms with van der Waals surface area (Å²) >= 11 is 5.96. The standard InChI is InChI=1S/C12H14ClNO3S/c1-18(16,17)9-6-7-14(8-9)12(15)10-4-2-3-5-11(10)13/h2-5,9H,6-8H2,1H3. The van der Waals surface area contributed by atoms with E-state index in [1.54, 1.807) is 29.2 Å². The predicted molar refractivity (Wildman–Crippen MR) is 70.6 cm³/mol. The molecule has 1 aromatic rings. The van der Waals surface area contributed by atoms with Gasteiger partial charge < -0.3 is 4.90 Å². The second-order valence-electron chi connectivity index (χ2n) is 4.47. The van der Waals surface area contributed by atoms with Crippen molar-refractivity contribution in [3.8, 4) is 0 Å². The van der Waals surface area contributed by atoms with Gasteiger partial charge in [0.15, 0.2) is 9.84 Å². The summed E-state index contributed by atoms with van der Waals surface area (Å²) in [7, 11) is -3.09. The van der Waals surface area contributed by atoms with Gasteiger partial charge in [-0.15, -0.1) is 0 Å². The van der Waals surface area contributed by atoms with Crippen LogP contribution in [0.5, 0.6) is 0 Å². The molecule has 1 unspecified atom stereocenters. The number of hydrogen-bond acceptors (Lipinski definition) is 3. The van der Waals surface area contributed by atoms with Crippen LogP contribution >= 0.6 is 11.6 Å². The predicted octanol–water partition coefficient (Wildman–Crippen LogP) is 1.60. The van der Waals surface area contributed by atoms with Gasteiger partial charge in [0.1, 0.15) is 0 Å². The lowest BCUT2D eigenvalue weighted by Gasteiger charge is -2.16. The molecule has 2 rings (SSSR count). The summed E-state index contributed by atoms with van der Waals surface area (Å²) < 4.78 is 22.9. The Morgan fingerprint density at radius 2 is 2.06 bits per heavy atom. The molecule has 4 nitrogen and oxygen atoms in total. The third-order valence-electron chi connectivity index (χ3n) is 3.14. The first kappa shape index (κ1) is 13.4. The highest BCUT2D eigenvalue weighted by Crippen LogP contribution is 2.22. The van der Waals surface area contributed by atoms with Crippen LogP contribution in [0, 0.1) is 0 Å². The molecular formula is C12H14ClNO3S. The average Bonchev–Trinajstić information content (AvgIpc) is 2.77. The van der Waals surface area contributed by atoms with Crippen molar-refractivity contribution in [2.45, 2.75) is 11.7 Å². The van der Waals surface area contributed by atoms with Gasteiger partial charge in [0.05, 0.1) is 15.8 Å². The van der Waals surface area contributed by atoms with Crippen molar-refractivity contribution in [3.05, 3.63) is 34.9 Å². The topological polar surface area (TPSA) is 54.5 Å². The minimum atomic E-state index is -3.09. The van der Waals surface area contributed by atoms with Gasteiger partial charge in [-0.05, 0) is 18.6 Å². The second-order valence-corrected chi connectivity index (χ2v) is 7.20. The van der Waals surface area contributed by atoms with E-state index >= 15 is 0 Å². The molecule has 1 fully saturated rings. The number of carbonyl (C=O) groups excluding carboxylic acids is 1. The minimum absolute atomic E-state index is 0.202. The van der Waals surface area contributed by atoms with Crippen LogP contribution in [0.4, 0.5) is 0 Å². The highest BCUT2D eigenvalue weighted by atomic mass is 35.5. The van der Waals surface area contributed by atoms with Crippen molar-refractivity contribution in [3.63, 3.8) is 0 Å². The van der Waals surface area contributed by atoms with E-state index in [2.05, 4.69) is 0 Å². The lowest BCUT2D eigenvalue weighted by molar-refractivity contribution is 0.0793. The van der Waals surface area contributed by atoms with Gasteiger partial charge >= 0.3 is 0 Å². The van der Waals surface area contributed by atoms with Gasteiger partial charge in [0.2, 0.25) is 0 Å². The molecule has 1 atom stereocenters. The minimum Gasteiger partial charge on any atom is -0.337 e. The maximum atomic E-state index is 12.2. The monoisotopic (exact) mass is 287 g/mol. The molecule has 0 aromatic heterocycles. The Balaban J connectivity index is 2.16. The van der Waals surface area contributed by atoms with Crippen LogP contribution in [0.2, 0.25) is 5.02 Å². The van der Waals surface area contributed by atoms with Crippen LogP contribution < -0.4 is 0 Å². The quantitative estimate of drug-likeness (QED) is 0.830. The lowest BCUT2D eigenvalue weighted by atomic mass is 10.2. The number of halogens is 1. The van der Waals surface area contributed by atoms with E-state index in [0.717, 1.165) is 0 Å². The first-order chi connectivity index (χ1) is 8.39. The molecule has 1 aromatic carbocycles. The summed E-state index contributed by atoms with van der Waals surface area (Å²) in [6.07, 6.45) is 1.70. The molecule has 1 saturated heterocycles. The molecule has 1 amide bonds. The van der Waals surface area contributed by atoms with Crippen molar-refractivity contribution in [2.24, 2.45) is 0 Å². The third kappa shape index (κ3) is 2.67. The van der Waals surface area contributed by atoms with Gasteiger partial charge in [-0.3, -0.25) is 4.79 Å². The fraction of sp³-hybridized carbons (Fsp3) is 0.417. The molecule has 6 heteroatoms. The zero-order chi connectivity index (χ0) is 13.3. The summed E-state index contributed by atoms with van der Waals surface area (Å²) in [5, 5.41) is -0.0609. The first-order valence-corrected chi connectivity index (χ1v) is 7.95. The molecule has 0 aliphatic carbocycles. The van der Waals surface area contributed by atoms with Crippen LogP contribution in [-0.4, -0.2) is 43.8 Å². The maximum Gasteiger partial charge on any atom is 0.255 e. The van der Waals surface area contributed by atoms with Crippen LogP contribution in [-0.2, 0) is 9.84 Å². The average molecular weight is 288 g/mol. The van der Waals surface area contributed by atoms with Gasteiger partial charge in [-0.25, -0.2) is 8.42 Å². The van der Waals surface area contributed by atoms with Crippen LogP contribution in [0.3, 0.4) is 0 Å². The van der Waals surface area contributed by atoms with Gasteiger partial charge in [-0.1, -0.05) is 23.7 Å². The molecule has 0 radical (unpaired) electrons. The van der Waals surface area contributed by atoms with E-state index in [1.807, 2.05) is 0 Å². The molecule has 1 heterocycles. The van der Waals surface area contributed by atoms with Crippen molar-refractivity contribution < 1.29 is 13.2 Å². The molecule has 1 aliphatic rings. The number of nitrogens with zero attached hydrogens (tertiary/aromatic N) is 1. The zero-order valence-corrected chi connectivity index (χ0v) is 11.5. The highest BCUT2D eigenvalue weighted by molar-refractivity contribution is 7.91. The number of carbonyl (C=O) groups is 1. The summed E-state index contributed by atoms with van der Waals surface area (Å²) in [6, 6.07) is 6.79. The normalized spacial score (nSPS) is 20.1. The van der Waals surface area contributed by atoms with Crippen LogP contribution in [0.25, 0.3) is 0 Å². The Hall–Kier alpha value is -1.07. The van der Waals surface area contributed by atoms with E-state index in [4.69, 9.17) is 11.6 Å². The van der Waals surface area contributed by atoms with Crippen molar-refractivity contribution >= 4 is 27.3 Å². The number of hydrogen-bond donors (Lipinski definition) is 0. The fourth-order valence-electron chi connectivity index (χ4n) is 2.07. The summed E-state index contributed by atoms with van der Waals surface area (Å²) in [5.74, 6) is -0.202. The van der Waals surface area contributed by atoms with Crippen LogP contribution in [0.15, 0.2) is 24.3 Å². The Kier molecular flexibility index (Phi) is 3.64. The van der Waals surface area contributed by atoms with Crippen LogP contribution in [0.1, 0.15) is 16.8 Å². The number of sulfone groups is 1. The fourth-order valence-corrected chi connectivity index (χ4v) is 3.27. The van der Waals surface area contributed by atoms with Crippen molar-refractivity contribution in [1.29, 1.82) is 0 Å². The molecule has 0 spiro atoms. The summed E-state index contributed by atoms with van der Waals surface area (Å²) in [5.41, 5.74) is 0.424. The molecular weight excluding hydrogens is 274 g/mol. The van der Waals surface area contributed by atoms with E-state index in [9.17, 15) is 13.2 Å². The van der Waals surface area contributed by atoms with Crippen molar-refractivity contribution in [1.82, 2.24) is 4.90 Å². The first-order valence-electron chi connectivity index (χ1n) is 5.62. The Bertz CT molecular complexity index is 570. The van der Waals surface area contributed by atoms with Crippen molar-refractivity contribution in [2.75, 3.05) is 19.3 Å². The Morgan fingerprint density at radius 1 is 1.39 bits per heavy atom. The number of rotatable bonds is 2. The van der Waals surface area contributed by atoms with E-state index in [0.29, 0.717) is 23.6 Å². The lowest BCUT2D eigenvalue weighted by Crippen LogP contribution is -2.31. The molecule has 98 valence electrons. The zero-order valence-electron chi connectivity index (χ0n) is 9.97. The molecule has 0 saturated carbocycles. The third-order valence-corrected chi connectivity index (χ3v) is 5.07. The number of benzene rings is 1.